The molecule has 0 unspecified atom stereocenters. The molecule has 1 heterocycles. The summed E-state index contributed by atoms with van der Waals surface area (Å²) in [5.41, 5.74) is 3.09. The summed E-state index contributed by atoms with van der Waals surface area (Å²) in [6, 6.07) is 22.2. The first-order valence-electron chi connectivity index (χ1n) is 10.0. The van der Waals surface area contributed by atoms with E-state index < -0.39 is 0 Å². The maximum atomic E-state index is 13.0. The average molecular weight is 539 g/mol. The van der Waals surface area contributed by atoms with Crippen LogP contribution in [0.2, 0.25) is 0 Å². The van der Waals surface area contributed by atoms with Gasteiger partial charge in [0.2, 0.25) is 0 Å². The Hall–Kier alpha value is -2.94. The first kappa shape index (κ1) is 23.2. The number of hydrogen-bond acceptors (Lipinski definition) is 5. The Balaban J connectivity index is 1.47. The third kappa shape index (κ3) is 5.52. The number of thioether (sulfide) groups is 1. The van der Waals surface area contributed by atoms with E-state index in [1.807, 2.05) is 73.7 Å². The molecule has 0 saturated carbocycles. The second-order valence-corrected chi connectivity index (χ2v) is 9.78. The second-order valence-electron chi connectivity index (χ2n) is 7.19. The van der Waals surface area contributed by atoms with E-state index in [0.717, 1.165) is 21.4 Å². The van der Waals surface area contributed by atoms with Gasteiger partial charge < -0.3 is 10.1 Å². The topological polar surface area (TPSA) is 58.6 Å². The number of carbonyl (C=O) groups is 2. The molecule has 33 heavy (non-hydrogen) atoms. The van der Waals surface area contributed by atoms with Crippen LogP contribution in [0.25, 0.3) is 6.08 Å². The molecule has 2 amide bonds. The summed E-state index contributed by atoms with van der Waals surface area (Å²) in [7, 11) is 0. The third-order valence-electron chi connectivity index (χ3n) is 4.84. The van der Waals surface area contributed by atoms with Crippen molar-refractivity contribution >= 4 is 73.5 Å². The van der Waals surface area contributed by atoms with Crippen LogP contribution in [0.3, 0.4) is 0 Å². The zero-order chi connectivity index (χ0) is 23.4. The largest absolute Gasteiger partial charge is 0.483 e. The highest BCUT2D eigenvalue weighted by Gasteiger charge is 2.33. The molecule has 0 aromatic heterocycles. The van der Waals surface area contributed by atoms with Crippen molar-refractivity contribution in [2.75, 3.05) is 16.8 Å². The Bertz CT molecular complexity index is 1260. The van der Waals surface area contributed by atoms with Gasteiger partial charge in [0.25, 0.3) is 11.8 Å². The maximum Gasteiger partial charge on any atom is 0.270 e. The number of aryl methyl sites for hydroxylation is 1. The molecule has 0 aliphatic carbocycles. The second kappa shape index (κ2) is 10.3. The Labute approximate surface area is 210 Å². The SMILES string of the molecule is Cc1cc(Br)ccc1NC(=O)COc1ccccc1/C=C1\SC(=S)N(c2ccccc2)C1=O. The van der Waals surface area contributed by atoms with Gasteiger partial charge >= 0.3 is 0 Å². The molecule has 0 bridgehead atoms. The van der Waals surface area contributed by atoms with Crippen LogP contribution < -0.4 is 15.0 Å². The number of para-hydroxylation sites is 2. The first-order valence-corrected chi connectivity index (χ1v) is 12.0. The summed E-state index contributed by atoms with van der Waals surface area (Å²) in [6.45, 7) is 1.76. The summed E-state index contributed by atoms with van der Waals surface area (Å²) >= 11 is 10.1. The predicted molar refractivity (Wildman–Crippen MR) is 142 cm³/mol. The van der Waals surface area contributed by atoms with E-state index in [9.17, 15) is 9.59 Å². The fourth-order valence-electron chi connectivity index (χ4n) is 3.24. The highest BCUT2D eigenvalue weighted by molar-refractivity contribution is 9.10. The van der Waals surface area contributed by atoms with Gasteiger partial charge in [0.05, 0.1) is 10.6 Å². The van der Waals surface area contributed by atoms with E-state index >= 15 is 0 Å². The highest BCUT2D eigenvalue weighted by atomic mass is 79.9. The molecule has 1 saturated heterocycles. The van der Waals surface area contributed by atoms with Crippen LogP contribution in [0.15, 0.2) is 82.2 Å². The van der Waals surface area contributed by atoms with Crippen molar-refractivity contribution in [3.8, 4) is 5.75 Å². The number of rotatable bonds is 6. The summed E-state index contributed by atoms with van der Waals surface area (Å²) < 4.78 is 7.20. The van der Waals surface area contributed by atoms with Gasteiger partial charge in [0.1, 0.15) is 5.75 Å². The number of amides is 2. The Morgan fingerprint density at radius 3 is 2.61 bits per heavy atom. The van der Waals surface area contributed by atoms with Crippen molar-refractivity contribution in [3.05, 3.63) is 93.3 Å². The number of ether oxygens (including phenoxy) is 1. The molecule has 5 nitrogen and oxygen atoms in total. The number of anilines is 2. The monoisotopic (exact) mass is 538 g/mol. The number of nitrogens with one attached hydrogen (secondary N) is 1. The fraction of sp³-hybridized carbons (Fsp3) is 0.0800. The molecule has 1 aliphatic heterocycles. The zero-order valence-corrected chi connectivity index (χ0v) is 20.8. The number of halogens is 1. The van der Waals surface area contributed by atoms with E-state index in [1.54, 1.807) is 12.1 Å². The van der Waals surface area contributed by atoms with Gasteiger partial charge in [-0.15, -0.1) is 0 Å². The van der Waals surface area contributed by atoms with Crippen molar-refractivity contribution in [3.63, 3.8) is 0 Å². The zero-order valence-electron chi connectivity index (χ0n) is 17.6. The molecule has 0 radical (unpaired) electrons. The van der Waals surface area contributed by atoms with Gasteiger partial charge in [0, 0.05) is 15.7 Å². The number of thiocarbonyl (C=S) groups is 1. The average Bonchev–Trinajstić information content (AvgIpc) is 3.08. The van der Waals surface area contributed by atoms with Crippen LogP contribution in [0.1, 0.15) is 11.1 Å². The molecular weight excluding hydrogens is 520 g/mol. The van der Waals surface area contributed by atoms with Crippen molar-refractivity contribution in [2.45, 2.75) is 6.92 Å². The van der Waals surface area contributed by atoms with Gasteiger partial charge in [-0.25, -0.2) is 0 Å². The molecule has 1 aliphatic rings. The molecule has 0 atom stereocenters. The molecule has 1 N–H and O–H groups in total. The van der Waals surface area contributed by atoms with E-state index in [4.69, 9.17) is 17.0 Å². The van der Waals surface area contributed by atoms with Crippen molar-refractivity contribution < 1.29 is 14.3 Å². The van der Waals surface area contributed by atoms with Crippen molar-refractivity contribution in [1.29, 1.82) is 0 Å². The molecule has 3 aromatic rings. The maximum absolute atomic E-state index is 13.0. The minimum atomic E-state index is -0.273. The predicted octanol–water partition coefficient (Wildman–Crippen LogP) is 6.18. The summed E-state index contributed by atoms with van der Waals surface area (Å²) in [4.78, 5) is 27.4. The minimum absolute atomic E-state index is 0.161. The van der Waals surface area contributed by atoms with Gasteiger partial charge in [-0.1, -0.05) is 76.3 Å². The smallest absolute Gasteiger partial charge is 0.270 e. The van der Waals surface area contributed by atoms with Crippen LogP contribution in [0, 0.1) is 6.92 Å². The molecule has 0 spiro atoms. The Morgan fingerprint density at radius 1 is 1.12 bits per heavy atom. The normalized spacial score (nSPS) is 14.6. The van der Waals surface area contributed by atoms with Crippen LogP contribution in [0.4, 0.5) is 11.4 Å². The van der Waals surface area contributed by atoms with Gasteiger partial charge in [0.15, 0.2) is 10.9 Å². The molecule has 4 rings (SSSR count). The fourth-order valence-corrected chi connectivity index (χ4v) is 5.00. The number of hydrogen-bond donors (Lipinski definition) is 1. The van der Waals surface area contributed by atoms with Crippen LogP contribution in [-0.4, -0.2) is 22.7 Å². The highest BCUT2D eigenvalue weighted by Crippen LogP contribution is 2.37. The lowest BCUT2D eigenvalue weighted by Crippen LogP contribution is -2.27. The summed E-state index contributed by atoms with van der Waals surface area (Å²) in [5, 5.41) is 2.85. The van der Waals surface area contributed by atoms with Gasteiger partial charge in [-0.05, 0) is 55.0 Å². The lowest BCUT2D eigenvalue weighted by Gasteiger charge is -2.14. The van der Waals surface area contributed by atoms with Crippen LogP contribution in [0.5, 0.6) is 5.75 Å². The minimum Gasteiger partial charge on any atom is -0.483 e. The summed E-state index contributed by atoms with van der Waals surface area (Å²) in [5.74, 6) is 0.0465. The van der Waals surface area contributed by atoms with E-state index in [2.05, 4.69) is 21.2 Å². The van der Waals surface area contributed by atoms with Crippen molar-refractivity contribution in [1.82, 2.24) is 0 Å². The number of benzene rings is 3. The van der Waals surface area contributed by atoms with Crippen LogP contribution >= 0.6 is 39.9 Å². The van der Waals surface area contributed by atoms with Gasteiger partial charge in [-0.2, -0.15) is 0 Å². The van der Waals surface area contributed by atoms with Gasteiger partial charge in [-0.3, -0.25) is 14.5 Å². The third-order valence-corrected chi connectivity index (χ3v) is 6.63. The van der Waals surface area contributed by atoms with E-state index in [0.29, 0.717) is 20.5 Å². The molecule has 3 aromatic carbocycles. The molecular formula is C25H19BrN2O3S2. The van der Waals surface area contributed by atoms with Crippen molar-refractivity contribution in [2.24, 2.45) is 0 Å². The van der Waals surface area contributed by atoms with Crippen LogP contribution in [-0.2, 0) is 9.59 Å². The first-order chi connectivity index (χ1) is 15.9. The summed E-state index contributed by atoms with van der Waals surface area (Å²) in [6.07, 6.45) is 1.74. The van der Waals surface area contributed by atoms with E-state index in [1.165, 1.54) is 16.7 Å². The number of carbonyl (C=O) groups excluding carboxylic acids is 2. The standard InChI is InChI=1S/C25H19BrN2O3S2/c1-16-13-18(26)11-12-20(16)27-23(29)15-31-21-10-6-5-7-17(21)14-22-24(30)28(25(32)33-22)19-8-3-2-4-9-19/h2-14H,15H2,1H3,(H,27,29)/b22-14-. The lowest BCUT2D eigenvalue weighted by molar-refractivity contribution is -0.118. The molecule has 1 fully saturated rings. The Kier molecular flexibility index (Phi) is 7.27. The Morgan fingerprint density at radius 2 is 1.85 bits per heavy atom. The lowest BCUT2D eigenvalue weighted by atomic mass is 10.2. The molecule has 8 heteroatoms. The quantitative estimate of drug-likeness (QED) is 0.300. The molecule has 166 valence electrons. The number of nitrogens with zero attached hydrogens (tertiary/aromatic N) is 1. The van der Waals surface area contributed by atoms with E-state index in [-0.39, 0.29) is 18.4 Å².